The molecule has 1 aromatic rings. The van der Waals surface area contributed by atoms with Gasteiger partial charge in [-0.15, -0.1) is 0 Å². The molecule has 1 N–H and O–H groups in total. The van der Waals surface area contributed by atoms with Gasteiger partial charge in [0.05, 0.1) is 7.11 Å². The molecule has 0 saturated carbocycles. The molecule has 0 spiro atoms. The van der Waals surface area contributed by atoms with Crippen molar-refractivity contribution < 1.29 is 17.9 Å². The highest BCUT2D eigenvalue weighted by molar-refractivity contribution is 7.79. The van der Waals surface area contributed by atoms with Crippen molar-refractivity contribution in [3.05, 3.63) is 17.9 Å². The van der Waals surface area contributed by atoms with Crippen LogP contribution in [0, 0.1) is 5.82 Å². The average molecular weight is 191 g/mol. The summed E-state index contributed by atoms with van der Waals surface area (Å²) in [6.07, 6.45) is 0. The van der Waals surface area contributed by atoms with Gasteiger partial charge in [0, 0.05) is 6.07 Å². The molecule has 1 aromatic heterocycles. The molecule has 0 bridgehead atoms. The predicted octanol–water partition coefficient (Wildman–Crippen LogP) is 0.810. The molecule has 0 amide bonds. The summed E-state index contributed by atoms with van der Waals surface area (Å²) in [6, 6.07) is 2.29. The molecule has 12 heavy (non-hydrogen) atoms. The lowest BCUT2D eigenvalue weighted by Gasteiger charge is -2.00. The van der Waals surface area contributed by atoms with Gasteiger partial charge in [0.15, 0.2) is 10.8 Å². The number of hydrogen-bond acceptors (Lipinski definition) is 3. The third kappa shape index (κ3) is 1.77. The fourth-order valence-corrected chi connectivity index (χ4v) is 1.05. The van der Waals surface area contributed by atoms with Crippen molar-refractivity contribution >= 4 is 11.1 Å². The third-order valence-corrected chi connectivity index (χ3v) is 1.78. The summed E-state index contributed by atoms with van der Waals surface area (Å²) in [6.45, 7) is 0. The molecule has 0 radical (unpaired) electrons. The number of halogens is 1. The third-order valence-electron chi connectivity index (χ3n) is 1.16. The number of nitrogens with zero attached hydrogens (tertiary/aromatic N) is 1. The summed E-state index contributed by atoms with van der Waals surface area (Å²) in [5.74, 6) is -0.717. The second-order valence-corrected chi connectivity index (χ2v) is 2.77. The standard InChI is InChI=1S/C6H6FNO3S/c1-11-5-3-2-4(7)6(8-5)12(9)10/h2-3H,1H3,(H,9,10). The predicted molar refractivity (Wildman–Crippen MR) is 39.8 cm³/mol. The summed E-state index contributed by atoms with van der Waals surface area (Å²) in [4.78, 5) is 3.44. The minimum atomic E-state index is -2.42. The van der Waals surface area contributed by atoms with Crippen LogP contribution in [0.2, 0.25) is 0 Å². The van der Waals surface area contributed by atoms with Gasteiger partial charge >= 0.3 is 0 Å². The molecule has 0 aliphatic carbocycles. The molecule has 0 aliphatic heterocycles. The van der Waals surface area contributed by atoms with Gasteiger partial charge in [-0.1, -0.05) is 0 Å². The molecule has 1 rings (SSSR count). The van der Waals surface area contributed by atoms with E-state index >= 15 is 0 Å². The Bertz CT molecular complexity index is 318. The maximum Gasteiger partial charge on any atom is 0.214 e. The number of ether oxygens (including phenoxy) is 1. The van der Waals surface area contributed by atoms with E-state index in [0.29, 0.717) is 0 Å². The maximum atomic E-state index is 12.7. The summed E-state index contributed by atoms with van der Waals surface area (Å²) < 4.78 is 36.3. The van der Waals surface area contributed by atoms with Crippen molar-refractivity contribution in [2.75, 3.05) is 7.11 Å². The smallest absolute Gasteiger partial charge is 0.214 e. The first kappa shape index (κ1) is 9.08. The zero-order chi connectivity index (χ0) is 9.14. The summed E-state index contributed by atoms with van der Waals surface area (Å²) in [5.41, 5.74) is 0. The van der Waals surface area contributed by atoms with Crippen LogP contribution in [0.4, 0.5) is 4.39 Å². The van der Waals surface area contributed by atoms with Crippen LogP contribution in [0.25, 0.3) is 0 Å². The zero-order valence-corrected chi connectivity index (χ0v) is 6.97. The number of pyridine rings is 1. The highest BCUT2D eigenvalue weighted by Gasteiger charge is 2.10. The fraction of sp³-hybridized carbons (Fsp3) is 0.167. The van der Waals surface area contributed by atoms with Crippen molar-refractivity contribution in [1.29, 1.82) is 0 Å². The topological polar surface area (TPSA) is 59.4 Å². The summed E-state index contributed by atoms with van der Waals surface area (Å²) in [7, 11) is 1.34. The van der Waals surface area contributed by atoms with Gasteiger partial charge < -0.3 is 9.29 Å². The van der Waals surface area contributed by atoms with Crippen LogP contribution in [0.3, 0.4) is 0 Å². The van der Waals surface area contributed by atoms with E-state index in [1.54, 1.807) is 0 Å². The van der Waals surface area contributed by atoms with Crippen LogP contribution in [0.5, 0.6) is 5.88 Å². The fourth-order valence-electron chi connectivity index (χ4n) is 0.643. The first-order valence-corrected chi connectivity index (χ1v) is 4.07. The molecule has 0 aromatic carbocycles. The molecule has 4 nitrogen and oxygen atoms in total. The number of hydrogen-bond donors (Lipinski definition) is 1. The molecule has 66 valence electrons. The average Bonchev–Trinajstić information content (AvgIpc) is 2.05. The molecular weight excluding hydrogens is 185 g/mol. The Hall–Kier alpha value is -1.01. The summed E-state index contributed by atoms with van der Waals surface area (Å²) >= 11 is -2.42. The Morgan fingerprint density at radius 1 is 1.67 bits per heavy atom. The molecule has 0 fully saturated rings. The monoisotopic (exact) mass is 191 g/mol. The van der Waals surface area contributed by atoms with E-state index in [-0.39, 0.29) is 5.88 Å². The zero-order valence-electron chi connectivity index (χ0n) is 6.15. The van der Waals surface area contributed by atoms with E-state index in [0.717, 1.165) is 6.07 Å². The summed E-state index contributed by atoms with van der Waals surface area (Å²) in [5, 5.41) is -0.519. The van der Waals surface area contributed by atoms with Gasteiger partial charge in [-0.05, 0) is 6.07 Å². The molecule has 0 aliphatic rings. The molecular formula is C6H6FNO3S. The molecule has 1 unspecified atom stereocenters. The van der Waals surface area contributed by atoms with E-state index in [2.05, 4.69) is 9.72 Å². The van der Waals surface area contributed by atoms with Crippen LogP contribution in [-0.2, 0) is 11.1 Å². The van der Waals surface area contributed by atoms with Crippen LogP contribution < -0.4 is 4.74 Å². The quantitative estimate of drug-likeness (QED) is 0.703. The number of methoxy groups -OCH3 is 1. The number of rotatable bonds is 2. The highest BCUT2D eigenvalue weighted by Crippen LogP contribution is 2.13. The lowest BCUT2D eigenvalue weighted by atomic mass is 10.5. The van der Waals surface area contributed by atoms with Crippen molar-refractivity contribution in [3.63, 3.8) is 0 Å². The lowest BCUT2D eigenvalue weighted by molar-refractivity contribution is 0.388. The van der Waals surface area contributed by atoms with Gasteiger partial charge in [-0.25, -0.2) is 8.60 Å². The van der Waals surface area contributed by atoms with Gasteiger partial charge in [0.1, 0.15) is 0 Å². The minimum absolute atomic E-state index is 0.105. The van der Waals surface area contributed by atoms with Gasteiger partial charge in [0.25, 0.3) is 0 Å². The molecule has 6 heteroatoms. The van der Waals surface area contributed by atoms with Crippen molar-refractivity contribution in [2.24, 2.45) is 0 Å². The van der Waals surface area contributed by atoms with Gasteiger partial charge in [-0.3, -0.25) is 0 Å². The Kier molecular flexibility index (Phi) is 2.72. The first-order chi connectivity index (χ1) is 5.65. The second-order valence-electron chi connectivity index (χ2n) is 1.89. The molecule has 1 atom stereocenters. The Labute approximate surface area is 70.7 Å². The van der Waals surface area contributed by atoms with Crippen molar-refractivity contribution in [2.45, 2.75) is 5.03 Å². The maximum absolute atomic E-state index is 12.7. The Morgan fingerprint density at radius 3 is 2.83 bits per heavy atom. The van der Waals surface area contributed by atoms with Crippen LogP contribution >= 0.6 is 0 Å². The largest absolute Gasteiger partial charge is 0.481 e. The van der Waals surface area contributed by atoms with Gasteiger partial charge in [0.2, 0.25) is 17.0 Å². The first-order valence-electron chi connectivity index (χ1n) is 2.96. The highest BCUT2D eigenvalue weighted by atomic mass is 32.2. The Morgan fingerprint density at radius 2 is 2.33 bits per heavy atom. The van der Waals surface area contributed by atoms with E-state index in [4.69, 9.17) is 4.55 Å². The van der Waals surface area contributed by atoms with E-state index < -0.39 is 21.9 Å². The van der Waals surface area contributed by atoms with E-state index in [1.165, 1.54) is 13.2 Å². The van der Waals surface area contributed by atoms with Crippen molar-refractivity contribution in [3.8, 4) is 5.88 Å². The molecule has 1 heterocycles. The van der Waals surface area contributed by atoms with E-state index in [9.17, 15) is 8.60 Å². The van der Waals surface area contributed by atoms with Crippen molar-refractivity contribution in [1.82, 2.24) is 4.98 Å². The van der Waals surface area contributed by atoms with Crippen LogP contribution in [0.1, 0.15) is 0 Å². The lowest BCUT2D eigenvalue weighted by Crippen LogP contribution is -1.99. The molecule has 0 saturated heterocycles. The van der Waals surface area contributed by atoms with Gasteiger partial charge in [-0.2, -0.15) is 4.98 Å². The van der Waals surface area contributed by atoms with Crippen LogP contribution in [-0.4, -0.2) is 20.9 Å². The normalized spacial score (nSPS) is 12.6. The Balaban J connectivity index is 3.17. The number of aromatic nitrogens is 1. The minimum Gasteiger partial charge on any atom is -0.481 e. The van der Waals surface area contributed by atoms with Crippen LogP contribution in [0.15, 0.2) is 17.2 Å². The second kappa shape index (κ2) is 3.59. The SMILES string of the molecule is COc1ccc(F)c(S(=O)O)n1. The van der Waals surface area contributed by atoms with E-state index in [1.807, 2.05) is 0 Å².